The van der Waals surface area contributed by atoms with Crippen molar-refractivity contribution >= 4 is 11.9 Å². The van der Waals surface area contributed by atoms with E-state index in [1.807, 2.05) is 0 Å². The summed E-state index contributed by atoms with van der Waals surface area (Å²) in [6.45, 7) is -0.285. The highest BCUT2D eigenvalue weighted by Crippen LogP contribution is 2.05. The third-order valence-corrected chi connectivity index (χ3v) is 2.80. The van der Waals surface area contributed by atoms with Crippen LogP contribution in [0, 0.1) is 11.6 Å². The van der Waals surface area contributed by atoms with E-state index in [1.54, 1.807) is 0 Å². The fourth-order valence-electron chi connectivity index (χ4n) is 1.68. The van der Waals surface area contributed by atoms with Gasteiger partial charge in [0.1, 0.15) is 11.6 Å². The van der Waals surface area contributed by atoms with Crippen molar-refractivity contribution in [2.45, 2.75) is 6.54 Å². The van der Waals surface area contributed by atoms with Gasteiger partial charge in [-0.25, -0.2) is 13.6 Å². The molecule has 1 amide bonds. The average Bonchev–Trinajstić information content (AvgIpc) is 2.52. The van der Waals surface area contributed by atoms with E-state index in [4.69, 9.17) is 4.74 Å². The topological polar surface area (TPSA) is 55.4 Å². The lowest BCUT2D eigenvalue weighted by molar-refractivity contribution is -0.124. The number of carbonyl (C=O) groups excluding carboxylic acids is 2. The van der Waals surface area contributed by atoms with Gasteiger partial charge in [0.05, 0.1) is 5.56 Å². The van der Waals surface area contributed by atoms with E-state index in [-0.39, 0.29) is 17.9 Å². The normalized spacial score (nSPS) is 10.1. The summed E-state index contributed by atoms with van der Waals surface area (Å²) < 4.78 is 30.4. The number of benzene rings is 2. The number of hydrogen-bond donors (Lipinski definition) is 1. The van der Waals surface area contributed by atoms with Gasteiger partial charge in [-0.15, -0.1) is 0 Å². The molecule has 4 nitrogen and oxygen atoms in total. The van der Waals surface area contributed by atoms with Crippen LogP contribution in [0.2, 0.25) is 0 Å². The van der Waals surface area contributed by atoms with Crippen molar-refractivity contribution in [2.75, 3.05) is 6.61 Å². The molecular weight excluding hydrogens is 292 g/mol. The summed E-state index contributed by atoms with van der Waals surface area (Å²) in [6.07, 6.45) is 0. The summed E-state index contributed by atoms with van der Waals surface area (Å²) in [4.78, 5) is 23.2. The summed E-state index contributed by atoms with van der Waals surface area (Å²) in [5.41, 5.74) is 0.748. The Hall–Kier alpha value is -2.76. The number of rotatable bonds is 5. The van der Waals surface area contributed by atoms with Crippen LogP contribution in [0.15, 0.2) is 48.5 Å². The fourth-order valence-corrected chi connectivity index (χ4v) is 1.68. The van der Waals surface area contributed by atoms with Crippen LogP contribution in [0.4, 0.5) is 8.78 Å². The SMILES string of the molecule is O=C(COC(=O)c1cccc(F)c1)NCc1ccc(F)cc1. The van der Waals surface area contributed by atoms with Crippen LogP contribution in [0.25, 0.3) is 0 Å². The molecule has 0 aromatic heterocycles. The van der Waals surface area contributed by atoms with E-state index in [9.17, 15) is 18.4 Å². The predicted octanol–water partition coefficient (Wildman–Crippen LogP) is 2.44. The molecule has 0 atom stereocenters. The highest BCUT2D eigenvalue weighted by atomic mass is 19.1. The molecule has 2 rings (SSSR count). The molecule has 0 heterocycles. The van der Waals surface area contributed by atoms with Gasteiger partial charge in [-0.05, 0) is 35.9 Å². The third-order valence-electron chi connectivity index (χ3n) is 2.80. The average molecular weight is 305 g/mol. The summed E-state index contributed by atoms with van der Waals surface area (Å²) >= 11 is 0. The van der Waals surface area contributed by atoms with Gasteiger partial charge in [0.25, 0.3) is 5.91 Å². The van der Waals surface area contributed by atoms with Crippen molar-refractivity contribution in [1.29, 1.82) is 0 Å². The number of esters is 1. The van der Waals surface area contributed by atoms with E-state index in [1.165, 1.54) is 42.5 Å². The summed E-state index contributed by atoms with van der Waals surface area (Å²) in [7, 11) is 0. The monoisotopic (exact) mass is 305 g/mol. The van der Waals surface area contributed by atoms with E-state index in [0.717, 1.165) is 6.07 Å². The first-order valence-corrected chi connectivity index (χ1v) is 6.48. The summed E-state index contributed by atoms with van der Waals surface area (Å²) in [5, 5.41) is 2.52. The minimum absolute atomic E-state index is 0.0336. The Labute approximate surface area is 125 Å². The largest absolute Gasteiger partial charge is 0.452 e. The molecule has 0 bridgehead atoms. The standard InChI is InChI=1S/C16H13F2NO3/c17-13-6-4-11(5-7-13)9-19-15(20)10-22-16(21)12-2-1-3-14(18)8-12/h1-8H,9-10H2,(H,19,20). The fraction of sp³-hybridized carbons (Fsp3) is 0.125. The van der Waals surface area contributed by atoms with Crippen LogP contribution in [0.5, 0.6) is 0 Å². The zero-order valence-corrected chi connectivity index (χ0v) is 11.5. The number of ether oxygens (including phenoxy) is 1. The first kappa shape index (κ1) is 15.6. The maximum absolute atomic E-state index is 12.9. The Morgan fingerprint density at radius 3 is 2.41 bits per heavy atom. The Morgan fingerprint density at radius 2 is 1.73 bits per heavy atom. The molecule has 22 heavy (non-hydrogen) atoms. The second kappa shape index (κ2) is 7.31. The van der Waals surface area contributed by atoms with Crippen molar-refractivity contribution in [3.8, 4) is 0 Å². The van der Waals surface area contributed by atoms with Gasteiger partial charge in [0, 0.05) is 6.54 Å². The van der Waals surface area contributed by atoms with Crippen LogP contribution < -0.4 is 5.32 Å². The van der Waals surface area contributed by atoms with Crippen LogP contribution in [0.3, 0.4) is 0 Å². The highest BCUT2D eigenvalue weighted by Gasteiger charge is 2.10. The van der Waals surface area contributed by atoms with Crippen LogP contribution >= 0.6 is 0 Å². The number of hydrogen-bond acceptors (Lipinski definition) is 3. The first-order chi connectivity index (χ1) is 10.5. The second-order valence-corrected chi connectivity index (χ2v) is 4.49. The van der Waals surface area contributed by atoms with Crippen molar-refractivity contribution < 1.29 is 23.1 Å². The molecular formula is C16H13F2NO3. The lowest BCUT2D eigenvalue weighted by Gasteiger charge is -2.07. The molecule has 0 unspecified atom stereocenters. The van der Waals surface area contributed by atoms with Gasteiger partial charge < -0.3 is 10.1 Å². The lowest BCUT2D eigenvalue weighted by atomic mass is 10.2. The molecule has 0 spiro atoms. The summed E-state index contributed by atoms with van der Waals surface area (Å²) in [5.74, 6) is -2.21. The molecule has 6 heteroatoms. The van der Waals surface area contributed by atoms with Gasteiger partial charge in [0.2, 0.25) is 0 Å². The molecule has 0 radical (unpaired) electrons. The molecule has 0 aliphatic carbocycles. The van der Waals surface area contributed by atoms with E-state index < -0.39 is 24.3 Å². The first-order valence-electron chi connectivity index (χ1n) is 6.48. The van der Waals surface area contributed by atoms with E-state index in [2.05, 4.69) is 5.32 Å². The zero-order valence-electron chi connectivity index (χ0n) is 11.5. The van der Waals surface area contributed by atoms with Gasteiger partial charge in [-0.2, -0.15) is 0 Å². The van der Waals surface area contributed by atoms with Gasteiger partial charge >= 0.3 is 5.97 Å². The predicted molar refractivity (Wildman–Crippen MR) is 74.9 cm³/mol. The lowest BCUT2D eigenvalue weighted by Crippen LogP contribution is -2.28. The summed E-state index contributed by atoms with van der Waals surface area (Å²) in [6, 6.07) is 10.6. The maximum atomic E-state index is 12.9. The van der Waals surface area contributed by atoms with Crippen LogP contribution in [-0.4, -0.2) is 18.5 Å². The van der Waals surface area contributed by atoms with Gasteiger partial charge in [-0.1, -0.05) is 18.2 Å². The molecule has 114 valence electrons. The Kier molecular flexibility index (Phi) is 5.19. The maximum Gasteiger partial charge on any atom is 0.338 e. The molecule has 0 aliphatic rings. The number of halogens is 2. The molecule has 0 fully saturated rings. The van der Waals surface area contributed by atoms with Crippen LogP contribution in [0.1, 0.15) is 15.9 Å². The molecule has 0 aliphatic heterocycles. The highest BCUT2D eigenvalue weighted by molar-refractivity contribution is 5.91. The van der Waals surface area contributed by atoms with Gasteiger partial charge in [-0.3, -0.25) is 4.79 Å². The van der Waals surface area contributed by atoms with Gasteiger partial charge in [0.15, 0.2) is 6.61 Å². The smallest absolute Gasteiger partial charge is 0.338 e. The molecule has 2 aromatic rings. The number of nitrogens with one attached hydrogen (secondary N) is 1. The van der Waals surface area contributed by atoms with Crippen molar-refractivity contribution in [1.82, 2.24) is 5.32 Å². The third kappa shape index (κ3) is 4.66. The molecule has 0 saturated carbocycles. The van der Waals surface area contributed by atoms with Crippen molar-refractivity contribution in [3.63, 3.8) is 0 Å². The minimum atomic E-state index is -0.781. The number of carbonyl (C=O) groups is 2. The molecule has 2 aromatic carbocycles. The Balaban J connectivity index is 1.78. The van der Waals surface area contributed by atoms with Crippen LogP contribution in [-0.2, 0) is 16.1 Å². The van der Waals surface area contributed by atoms with E-state index in [0.29, 0.717) is 5.56 Å². The van der Waals surface area contributed by atoms with Crippen molar-refractivity contribution in [2.24, 2.45) is 0 Å². The molecule has 1 N–H and O–H groups in total. The van der Waals surface area contributed by atoms with Crippen molar-refractivity contribution in [3.05, 3.63) is 71.3 Å². The number of amides is 1. The van der Waals surface area contributed by atoms with E-state index >= 15 is 0 Å². The second-order valence-electron chi connectivity index (χ2n) is 4.49. The Bertz CT molecular complexity index is 671. The zero-order chi connectivity index (χ0) is 15.9. The quantitative estimate of drug-likeness (QED) is 0.863. The minimum Gasteiger partial charge on any atom is -0.452 e. The molecule has 0 saturated heterocycles. The Morgan fingerprint density at radius 1 is 1.00 bits per heavy atom.